The predicted octanol–water partition coefficient (Wildman–Crippen LogP) is 11.5. The fraction of sp³-hybridized carbons (Fsp3) is 0.0233. The van der Waals surface area contributed by atoms with Gasteiger partial charge in [0, 0.05) is 17.2 Å². The molecule has 0 spiro atoms. The van der Waals surface area contributed by atoms with E-state index in [9.17, 15) is 0 Å². The summed E-state index contributed by atoms with van der Waals surface area (Å²) in [6, 6.07) is 56.1. The van der Waals surface area contributed by atoms with Gasteiger partial charge in [-0.1, -0.05) is 127 Å². The molecule has 8 aromatic carbocycles. The Morgan fingerprint density at radius 2 is 0.818 bits per heavy atom. The van der Waals surface area contributed by atoms with E-state index in [-0.39, 0.29) is 0 Å². The minimum atomic E-state index is 0.911. The van der Waals surface area contributed by atoms with E-state index in [4.69, 9.17) is 0 Å². The standard InChI is InChI=1S/C43H27N/c1-2-13-31-29(11-1)30-12-3-4-14-32(30)38-25-27(23-24-35(31)38)28-17-9-18-33-34-19-10-22-43(40(34)26-39(28)33)44-41-20-7-5-15-36(41)37-16-6-8-21-42(37)44/h1-25H,26H2. The van der Waals surface area contributed by atoms with Gasteiger partial charge in [-0.2, -0.15) is 0 Å². The average Bonchev–Trinajstić information content (AvgIpc) is 3.64. The van der Waals surface area contributed by atoms with Crippen molar-refractivity contribution >= 4 is 54.1 Å². The maximum atomic E-state index is 2.47. The summed E-state index contributed by atoms with van der Waals surface area (Å²) in [5, 5.41) is 10.5. The second-order valence-electron chi connectivity index (χ2n) is 12.0. The fourth-order valence-electron chi connectivity index (χ4n) is 7.96. The second-order valence-corrected chi connectivity index (χ2v) is 12.0. The monoisotopic (exact) mass is 557 g/mol. The van der Waals surface area contributed by atoms with Gasteiger partial charge >= 0.3 is 0 Å². The van der Waals surface area contributed by atoms with Crippen molar-refractivity contribution in [2.24, 2.45) is 0 Å². The van der Waals surface area contributed by atoms with E-state index >= 15 is 0 Å². The van der Waals surface area contributed by atoms with Crippen LogP contribution in [0.1, 0.15) is 11.1 Å². The summed E-state index contributed by atoms with van der Waals surface area (Å²) in [5.41, 5.74) is 11.9. The quantitative estimate of drug-likeness (QED) is 0.186. The van der Waals surface area contributed by atoms with Crippen LogP contribution in [0.25, 0.3) is 82.1 Å². The topological polar surface area (TPSA) is 4.93 Å². The molecule has 0 N–H and O–H groups in total. The summed E-state index contributed by atoms with van der Waals surface area (Å²) in [7, 11) is 0. The molecule has 1 heterocycles. The van der Waals surface area contributed by atoms with Crippen molar-refractivity contribution in [3.8, 4) is 27.9 Å². The molecule has 204 valence electrons. The summed E-state index contributed by atoms with van der Waals surface area (Å²) in [4.78, 5) is 0. The Morgan fingerprint density at radius 3 is 1.45 bits per heavy atom. The van der Waals surface area contributed by atoms with Crippen molar-refractivity contribution in [3.05, 3.63) is 163 Å². The maximum Gasteiger partial charge on any atom is 0.0541 e. The molecule has 1 aliphatic rings. The van der Waals surface area contributed by atoms with Crippen LogP contribution in [0.4, 0.5) is 0 Å². The largest absolute Gasteiger partial charge is 0.309 e. The van der Waals surface area contributed by atoms with Gasteiger partial charge in [0.1, 0.15) is 0 Å². The molecule has 44 heavy (non-hydrogen) atoms. The molecular weight excluding hydrogens is 530 g/mol. The van der Waals surface area contributed by atoms with Crippen LogP contribution in [0.3, 0.4) is 0 Å². The van der Waals surface area contributed by atoms with Gasteiger partial charge in [0.15, 0.2) is 0 Å². The highest BCUT2D eigenvalue weighted by Crippen LogP contribution is 2.46. The lowest BCUT2D eigenvalue weighted by molar-refractivity contribution is 1.12. The van der Waals surface area contributed by atoms with E-state index in [0.717, 1.165) is 6.42 Å². The predicted molar refractivity (Wildman–Crippen MR) is 187 cm³/mol. The molecule has 0 aliphatic heterocycles. The van der Waals surface area contributed by atoms with E-state index in [1.54, 1.807) is 0 Å². The zero-order valence-electron chi connectivity index (χ0n) is 24.1. The van der Waals surface area contributed by atoms with Crippen molar-refractivity contribution in [1.82, 2.24) is 4.57 Å². The van der Waals surface area contributed by atoms with E-state index in [1.807, 2.05) is 0 Å². The number of hydrogen-bond acceptors (Lipinski definition) is 0. The summed E-state index contributed by atoms with van der Waals surface area (Å²) < 4.78 is 2.47. The van der Waals surface area contributed by atoms with Crippen LogP contribution >= 0.6 is 0 Å². The Morgan fingerprint density at radius 1 is 0.341 bits per heavy atom. The fourth-order valence-corrected chi connectivity index (χ4v) is 7.96. The Balaban J connectivity index is 1.19. The highest BCUT2D eigenvalue weighted by atomic mass is 15.0. The molecule has 0 saturated heterocycles. The van der Waals surface area contributed by atoms with Crippen LogP contribution < -0.4 is 0 Å². The molecule has 0 radical (unpaired) electrons. The minimum Gasteiger partial charge on any atom is -0.309 e. The molecule has 0 amide bonds. The van der Waals surface area contributed by atoms with Gasteiger partial charge in [0.2, 0.25) is 0 Å². The number of hydrogen-bond donors (Lipinski definition) is 0. The average molecular weight is 558 g/mol. The molecule has 1 heteroatoms. The third kappa shape index (κ3) is 3.19. The van der Waals surface area contributed by atoms with Gasteiger partial charge in [-0.15, -0.1) is 0 Å². The smallest absolute Gasteiger partial charge is 0.0541 e. The molecule has 0 atom stereocenters. The minimum absolute atomic E-state index is 0.911. The molecular formula is C43H27N. The first-order valence-corrected chi connectivity index (χ1v) is 15.4. The van der Waals surface area contributed by atoms with Crippen molar-refractivity contribution < 1.29 is 0 Å². The third-order valence-corrected chi connectivity index (χ3v) is 9.85. The van der Waals surface area contributed by atoms with E-state index < -0.39 is 0 Å². The van der Waals surface area contributed by atoms with E-state index in [0.29, 0.717) is 0 Å². The molecule has 0 unspecified atom stereocenters. The molecule has 1 aliphatic carbocycles. The Labute approximate surface area is 255 Å². The first-order valence-electron chi connectivity index (χ1n) is 15.4. The Bertz CT molecular complexity index is 2550. The highest BCUT2D eigenvalue weighted by Gasteiger charge is 2.26. The summed E-state index contributed by atoms with van der Waals surface area (Å²) in [5.74, 6) is 0. The van der Waals surface area contributed by atoms with Gasteiger partial charge < -0.3 is 4.57 Å². The van der Waals surface area contributed by atoms with Crippen LogP contribution in [-0.2, 0) is 6.42 Å². The Kier molecular flexibility index (Phi) is 4.84. The Hall–Kier alpha value is -5.66. The number of nitrogens with zero attached hydrogens (tertiary/aromatic N) is 1. The first-order chi connectivity index (χ1) is 21.8. The molecule has 10 rings (SSSR count). The number of fused-ring (bicyclic) bond motifs is 12. The normalized spacial score (nSPS) is 12.5. The highest BCUT2D eigenvalue weighted by molar-refractivity contribution is 6.25. The second kappa shape index (κ2) is 8.92. The van der Waals surface area contributed by atoms with Crippen LogP contribution in [0, 0.1) is 0 Å². The molecule has 0 bridgehead atoms. The third-order valence-electron chi connectivity index (χ3n) is 9.85. The summed E-state index contributed by atoms with van der Waals surface area (Å²) in [6.07, 6.45) is 0.911. The van der Waals surface area contributed by atoms with Crippen LogP contribution in [0.5, 0.6) is 0 Å². The number of benzene rings is 8. The van der Waals surface area contributed by atoms with Gasteiger partial charge in [-0.25, -0.2) is 0 Å². The summed E-state index contributed by atoms with van der Waals surface area (Å²) >= 11 is 0. The zero-order chi connectivity index (χ0) is 28.8. The molecule has 0 saturated carbocycles. The van der Waals surface area contributed by atoms with E-state index in [2.05, 4.69) is 156 Å². The van der Waals surface area contributed by atoms with Crippen LogP contribution in [0.15, 0.2) is 152 Å². The maximum absolute atomic E-state index is 2.47. The van der Waals surface area contributed by atoms with E-state index in [1.165, 1.54) is 93.2 Å². The van der Waals surface area contributed by atoms with Crippen molar-refractivity contribution in [2.75, 3.05) is 0 Å². The van der Waals surface area contributed by atoms with Crippen LogP contribution in [0.2, 0.25) is 0 Å². The van der Waals surface area contributed by atoms with Crippen LogP contribution in [-0.4, -0.2) is 4.57 Å². The van der Waals surface area contributed by atoms with Gasteiger partial charge in [-0.3, -0.25) is 0 Å². The van der Waals surface area contributed by atoms with Gasteiger partial charge in [0.25, 0.3) is 0 Å². The molecule has 1 nitrogen and oxygen atoms in total. The van der Waals surface area contributed by atoms with Crippen molar-refractivity contribution in [3.63, 3.8) is 0 Å². The molecule has 9 aromatic rings. The van der Waals surface area contributed by atoms with Gasteiger partial charge in [0.05, 0.1) is 16.7 Å². The van der Waals surface area contributed by atoms with Crippen molar-refractivity contribution in [2.45, 2.75) is 6.42 Å². The molecule has 1 aromatic heterocycles. The molecule has 0 fully saturated rings. The number of aromatic nitrogens is 1. The number of rotatable bonds is 2. The lowest BCUT2D eigenvalue weighted by Crippen LogP contribution is -1.99. The lowest BCUT2D eigenvalue weighted by atomic mass is 9.90. The zero-order valence-corrected chi connectivity index (χ0v) is 24.1. The number of para-hydroxylation sites is 2. The lowest BCUT2D eigenvalue weighted by Gasteiger charge is -2.14. The SMILES string of the molecule is c1cc(-c2ccc3c4ccccc4c4ccccc4c3c2)c2c(c1)-c1cccc(-n3c4ccccc4c4ccccc43)c1C2. The van der Waals surface area contributed by atoms with Crippen molar-refractivity contribution in [1.29, 1.82) is 0 Å². The first kappa shape index (κ1) is 23.9. The summed E-state index contributed by atoms with van der Waals surface area (Å²) in [6.45, 7) is 0. The van der Waals surface area contributed by atoms with Gasteiger partial charge in [-0.05, 0) is 90.0 Å².